The van der Waals surface area contributed by atoms with Crippen LogP contribution in [0.3, 0.4) is 0 Å². The van der Waals surface area contributed by atoms with Crippen molar-refractivity contribution in [2.45, 2.75) is 6.42 Å². The molecule has 154 valence electrons. The number of nitrogens with one attached hydrogen (secondary N) is 1. The third-order valence-electron chi connectivity index (χ3n) is 5.16. The van der Waals surface area contributed by atoms with E-state index < -0.39 is 0 Å². The quantitative estimate of drug-likeness (QED) is 0.586. The van der Waals surface area contributed by atoms with Gasteiger partial charge < -0.3 is 19.5 Å². The Hall–Kier alpha value is -2.84. The van der Waals surface area contributed by atoms with Crippen molar-refractivity contribution in [3.63, 3.8) is 0 Å². The fraction of sp³-hybridized carbons (Fsp3) is 0.429. The standard InChI is InChI=1S/C21H27N5O3/c1-27-16-4-5-17(19(14-16)28-2)18-15-24-26-20(6-8-23-21(18)26)22-7-3-9-25-10-12-29-13-11-25/h4-6,8,14-15,22H,3,7,9-13H2,1-2H3. The lowest BCUT2D eigenvalue weighted by atomic mass is 10.1. The Morgan fingerprint density at radius 2 is 1.97 bits per heavy atom. The van der Waals surface area contributed by atoms with Crippen molar-refractivity contribution in [1.29, 1.82) is 0 Å². The summed E-state index contributed by atoms with van der Waals surface area (Å²) < 4.78 is 18.1. The van der Waals surface area contributed by atoms with Crippen molar-refractivity contribution in [3.8, 4) is 22.6 Å². The molecular weight excluding hydrogens is 370 g/mol. The molecule has 1 aliphatic rings. The summed E-state index contributed by atoms with van der Waals surface area (Å²) in [6, 6.07) is 7.70. The largest absolute Gasteiger partial charge is 0.497 e. The van der Waals surface area contributed by atoms with E-state index in [0.29, 0.717) is 0 Å². The Balaban J connectivity index is 1.49. The zero-order chi connectivity index (χ0) is 20.1. The first-order chi connectivity index (χ1) is 14.3. The van der Waals surface area contributed by atoms with Crippen LogP contribution < -0.4 is 14.8 Å². The number of anilines is 1. The summed E-state index contributed by atoms with van der Waals surface area (Å²) in [6.07, 6.45) is 4.69. The van der Waals surface area contributed by atoms with Crippen LogP contribution in [0.15, 0.2) is 36.7 Å². The summed E-state index contributed by atoms with van der Waals surface area (Å²) >= 11 is 0. The average Bonchev–Trinajstić information content (AvgIpc) is 3.21. The minimum atomic E-state index is 0.727. The molecule has 1 aromatic carbocycles. The number of benzene rings is 1. The predicted molar refractivity (Wildman–Crippen MR) is 112 cm³/mol. The molecular formula is C21H27N5O3. The lowest BCUT2D eigenvalue weighted by molar-refractivity contribution is 0.0378. The molecule has 0 aliphatic carbocycles. The van der Waals surface area contributed by atoms with Crippen LogP contribution >= 0.6 is 0 Å². The second-order valence-electron chi connectivity index (χ2n) is 6.92. The summed E-state index contributed by atoms with van der Waals surface area (Å²) in [5.74, 6) is 2.40. The van der Waals surface area contributed by atoms with Gasteiger partial charge >= 0.3 is 0 Å². The van der Waals surface area contributed by atoms with Gasteiger partial charge in [0.2, 0.25) is 0 Å². The molecule has 29 heavy (non-hydrogen) atoms. The Bertz CT molecular complexity index is 953. The van der Waals surface area contributed by atoms with E-state index in [4.69, 9.17) is 14.2 Å². The van der Waals surface area contributed by atoms with E-state index in [9.17, 15) is 0 Å². The minimum Gasteiger partial charge on any atom is -0.497 e. The van der Waals surface area contributed by atoms with E-state index in [1.54, 1.807) is 20.4 Å². The van der Waals surface area contributed by atoms with E-state index >= 15 is 0 Å². The maximum atomic E-state index is 5.55. The van der Waals surface area contributed by atoms with E-state index in [0.717, 1.165) is 79.9 Å². The number of hydrogen-bond donors (Lipinski definition) is 1. The second kappa shape index (κ2) is 9.11. The van der Waals surface area contributed by atoms with E-state index in [-0.39, 0.29) is 0 Å². The molecule has 0 atom stereocenters. The minimum absolute atomic E-state index is 0.727. The van der Waals surface area contributed by atoms with Crippen molar-refractivity contribution >= 4 is 11.5 Å². The fourth-order valence-corrected chi connectivity index (χ4v) is 3.58. The Morgan fingerprint density at radius 3 is 2.76 bits per heavy atom. The molecule has 8 nitrogen and oxygen atoms in total. The van der Waals surface area contributed by atoms with Gasteiger partial charge in [0.25, 0.3) is 0 Å². The number of fused-ring (bicyclic) bond motifs is 1. The fourth-order valence-electron chi connectivity index (χ4n) is 3.58. The van der Waals surface area contributed by atoms with E-state index in [2.05, 4.69) is 20.3 Å². The maximum absolute atomic E-state index is 5.55. The Morgan fingerprint density at radius 1 is 1.10 bits per heavy atom. The molecule has 4 rings (SSSR count). The lowest BCUT2D eigenvalue weighted by Gasteiger charge is -2.26. The van der Waals surface area contributed by atoms with Gasteiger partial charge in [-0.25, -0.2) is 4.98 Å². The van der Waals surface area contributed by atoms with Crippen molar-refractivity contribution < 1.29 is 14.2 Å². The van der Waals surface area contributed by atoms with Gasteiger partial charge in [-0.05, 0) is 31.2 Å². The zero-order valence-corrected chi connectivity index (χ0v) is 16.9. The number of nitrogens with zero attached hydrogens (tertiary/aromatic N) is 4. The van der Waals surface area contributed by atoms with Gasteiger partial charge in [0, 0.05) is 37.5 Å². The van der Waals surface area contributed by atoms with Gasteiger partial charge in [-0.1, -0.05) is 0 Å². The maximum Gasteiger partial charge on any atom is 0.165 e. The van der Waals surface area contributed by atoms with Crippen LogP contribution in [0, 0.1) is 0 Å². The highest BCUT2D eigenvalue weighted by atomic mass is 16.5. The van der Waals surface area contributed by atoms with Gasteiger partial charge in [0.15, 0.2) is 5.65 Å². The summed E-state index contributed by atoms with van der Waals surface area (Å²) in [5.41, 5.74) is 2.63. The predicted octanol–water partition coefficient (Wildman–Crippen LogP) is 2.55. The van der Waals surface area contributed by atoms with E-state index in [1.807, 2.05) is 35.0 Å². The monoisotopic (exact) mass is 397 g/mol. The highest BCUT2D eigenvalue weighted by Crippen LogP contribution is 2.35. The average molecular weight is 397 g/mol. The van der Waals surface area contributed by atoms with Gasteiger partial charge in [-0.3, -0.25) is 4.90 Å². The first-order valence-electron chi connectivity index (χ1n) is 9.89. The first kappa shape index (κ1) is 19.5. The van der Waals surface area contributed by atoms with Crippen LogP contribution in [0.5, 0.6) is 11.5 Å². The molecule has 2 aromatic heterocycles. The van der Waals surface area contributed by atoms with Crippen LogP contribution in [0.4, 0.5) is 5.82 Å². The number of aromatic nitrogens is 3. The molecule has 1 N–H and O–H groups in total. The van der Waals surface area contributed by atoms with Crippen molar-refractivity contribution in [2.75, 3.05) is 58.9 Å². The van der Waals surface area contributed by atoms with Crippen molar-refractivity contribution in [3.05, 3.63) is 36.7 Å². The van der Waals surface area contributed by atoms with Gasteiger partial charge in [0.05, 0.1) is 39.2 Å². The first-order valence-corrected chi connectivity index (χ1v) is 9.89. The van der Waals surface area contributed by atoms with Crippen molar-refractivity contribution in [2.24, 2.45) is 0 Å². The highest BCUT2D eigenvalue weighted by molar-refractivity contribution is 5.82. The normalized spacial score (nSPS) is 14.8. The van der Waals surface area contributed by atoms with Gasteiger partial charge in [-0.15, -0.1) is 0 Å². The number of hydrogen-bond acceptors (Lipinski definition) is 7. The molecule has 3 aromatic rings. The van der Waals surface area contributed by atoms with Gasteiger partial charge in [0.1, 0.15) is 17.3 Å². The molecule has 3 heterocycles. The summed E-state index contributed by atoms with van der Waals surface area (Å²) in [6.45, 7) is 5.65. The second-order valence-corrected chi connectivity index (χ2v) is 6.92. The topological polar surface area (TPSA) is 73.2 Å². The SMILES string of the molecule is COc1ccc(-c2cnn3c(NCCCN4CCOCC4)ccnc23)c(OC)c1. The van der Waals surface area contributed by atoms with Crippen LogP contribution in [0.25, 0.3) is 16.8 Å². The Labute approximate surface area is 170 Å². The molecule has 0 radical (unpaired) electrons. The number of ether oxygens (including phenoxy) is 3. The highest BCUT2D eigenvalue weighted by Gasteiger charge is 2.15. The molecule has 0 amide bonds. The molecule has 1 aliphatic heterocycles. The summed E-state index contributed by atoms with van der Waals surface area (Å²) in [5, 5.41) is 8.05. The van der Waals surface area contributed by atoms with E-state index in [1.165, 1.54) is 0 Å². The Kier molecular flexibility index (Phi) is 6.12. The number of rotatable bonds is 8. The molecule has 0 unspecified atom stereocenters. The smallest absolute Gasteiger partial charge is 0.165 e. The molecule has 1 saturated heterocycles. The van der Waals surface area contributed by atoms with Crippen LogP contribution in [-0.2, 0) is 4.74 Å². The van der Waals surface area contributed by atoms with Crippen LogP contribution in [-0.4, -0.2) is 73.1 Å². The van der Waals surface area contributed by atoms with Gasteiger partial charge in [-0.2, -0.15) is 9.61 Å². The third kappa shape index (κ3) is 4.28. The molecule has 8 heteroatoms. The zero-order valence-electron chi connectivity index (χ0n) is 16.9. The number of methoxy groups -OCH3 is 2. The van der Waals surface area contributed by atoms with Crippen molar-refractivity contribution in [1.82, 2.24) is 19.5 Å². The molecule has 0 bridgehead atoms. The van der Waals surface area contributed by atoms with Crippen LogP contribution in [0.2, 0.25) is 0 Å². The van der Waals surface area contributed by atoms with Crippen LogP contribution in [0.1, 0.15) is 6.42 Å². The molecule has 1 fully saturated rings. The third-order valence-corrected chi connectivity index (χ3v) is 5.16. The molecule has 0 spiro atoms. The summed E-state index contributed by atoms with van der Waals surface area (Å²) in [7, 11) is 3.29. The molecule has 0 saturated carbocycles. The number of morpholine rings is 1. The lowest BCUT2D eigenvalue weighted by Crippen LogP contribution is -2.37. The summed E-state index contributed by atoms with van der Waals surface area (Å²) in [4.78, 5) is 6.99.